The molecule has 20 heavy (non-hydrogen) atoms. The Morgan fingerprint density at radius 2 is 1.60 bits per heavy atom. The van der Waals surface area contributed by atoms with Crippen molar-refractivity contribution >= 4 is 34.8 Å². The van der Waals surface area contributed by atoms with Crippen LogP contribution in [0.3, 0.4) is 0 Å². The number of benzene rings is 2. The number of nitrogens with two attached hydrogens (primary N) is 1. The van der Waals surface area contributed by atoms with Crippen molar-refractivity contribution in [2.75, 3.05) is 0 Å². The largest absolute Gasteiger partial charge is 0.456 e. The quantitative estimate of drug-likeness (QED) is 0.714. The summed E-state index contributed by atoms with van der Waals surface area (Å²) < 4.78 is 5.70. The van der Waals surface area contributed by atoms with Gasteiger partial charge in [-0.3, -0.25) is 0 Å². The molecule has 1 atom stereocenters. The lowest BCUT2D eigenvalue weighted by Gasteiger charge is -2.12. The van der Waals surface area contributed by atoms with Gasteiger partial charge in [0.15, 0.2) is 0 Å². The molecule has 106 valence electrons. The van der Waals surface area contributed by atoms with Gasteiger partial charge in [0.05, 0.1) is 15.1 Å². The van der Waals surface area contributed by atoms with Crippen LogP contribution in [0.1, 0.15) is 24.9 Å². The fourth-order valence-corrected chi connectivity index (χ4v) is 2.30. The zero-order valence-corrected chi connectivity index (χ0v) is 13.1. The maximum Gasteiger partial charge on any atom is 0.147 e. The maximum atomic E-state index is 6.07. The Morgan fingerprint density at radius 1 is 1.00 bits per heavy atom. The molecular weight excluding hydrogens is 317 g/mol. The van der Waals surface area contributed by atoms with Gasteiger partial charge in [0.1, 0.15) is 11.5 Å². The van der Waals surface area contributed by atoms with E-state index in [2.05, 4.69) is 0 Å². The molecule has 0 aliphatic heterocycles. The normalized spacial score (nSPS) is 12.2. The molecule has 2 aromatic rings. The molecule has 0 aromatic heterocycles. The highest BCUT2D eigenvalue weighted by Crippen LogP contribution is 2.36. The summed E-state index contributed by atoms with van der Waals surface area (Å²) in [6, 6.07) is 10.8. The van der Waals surface area contributed by atoms with Crippen molar-refractivity contribution in [2.24, 2.45) is 5.73 Å². The van der Waals surface area contributed by atoms with Crippen molar-refractivity contribution < 1.29 is 4.74 Å². The van der Waals surface area contributed by atoms with Crippen LogP contribution in [0, 0.1) is 0 Å². The minimum atomic E-state index is 0.0395. The topological polar surface area (TPSA) is 35.2 Å². The van der Waals surface area contributed by atoms with Gasteiger partial charge < -0.3 is 10.5 Å². The summed E-state index contributed by atoms with van der Waals surface area (Å²) in [5, 5.41) is 1.21. The summed E-state index contributed by atoms with van der Waals surface area (Å²) in [6.07, 6.45) is 0.888. The lowest BCUT2D eigenvalue weighted by atomic mass is 10.1. The van der Waals surface area contributed by atoms with Crippen LogP contribution in [0.25, 0.3) is 0 Å². The highest BCUT2D eigenvalue weighted by Gasteiger charge is 2.09. The van der Waals surface area contributed by atoms with Gasteiger partial charge in [0.25, 0.3) is 0 Å². The highest BCUT2D eigenvalue weighted by molar-refractivity contribution is 6.43. The van der Waals surface area contributed by atoms with Crippen molar-refractivity contribution in [3.05, 3.63) is 57.0 Å². The molecule has 0 aliphatic carbocycles. The zero-order valence-electron chi connectivity index (χ0n) is 10.9. The van der Waals surface area contributed by atoms with Crippen molar-refractivity contribution in [3.63, 3.8) is 0 Å². The van der Waals surface area contributed by atoms with Gasteiger partial charge in [-0.05, 0) is 30.2 Å². The molecule has 2 nitrogen and oxygen atoms in total. The van der Waals surface area contributed by atoms with Gasteiger partial charge in [0.2, 0.25) is 0 Å². The summed E-state index contributed by atoms with van der Waals surface area (Å²) in [6.45, 7) is 2.05. The van der Waals surface area contributed by atoms with Crippen LogP contribution in [0.15, 0.2) is 36.4 Å². The number of hydrogen-bond acceptors (Lipinski definition) is 2. The van der Waals surface area contributed by atoms with Crippen molar-refractivity contribution in [3.8, 4) is 11.5 Å². The number of halogens is 3. The number of hydrogen-bond donors (Lipinski definition) is 1. The van der Waals surface area contributed by atoms with Crippen molar-refractivity contribution in [1.82, 2.24) is 0 Å². The number of ether oxygens (including phenoxy) is 1. The van der Waals surface area contributed by atoms with Gasteiger partial charge in [-0.15, -0.1) is 0 Å². The smallest absolute Gasteiger partial charge is 0.147 e. The average Bonchev–Trinajstić information content (AvgIpc) is 2.44. The van der Waals surface area contributed by atoms with E-state index >= 15 is 0 Å². The SMILES string of the molecule is CC[C@@H](N)c1ccc(Oc2cc(Cl)c(Cl)cc2Cl)cc1. The molecule has 0 heterocycles. The average molecular weight is 331 g/mol. The summed E-state index contributed by atoms with van der Waals surface area (Å²) >= 11 is 17.9. The molecule has 5 heteroatoms. The van der Waals surface area contributed by atoms with Gasteiger partial charge in [-0.2, -0.15) is 0 Å². The molecular formula is C15H14Cl3NO. The van der Waals surface area contributed by atoms with Gasteiger partial charge in [-0.1, -0.05) is 53.9 Å². The van der Waals surface area contributed by atoms with E-state index in [1.165, 1.54) is 0 Å². The Labute approximate surface area is 133 Å². The fraction of sp³-hybridized carbons (Fsp3) is 0.200. The first kappa shape index (κ1) is 15.5. The minimum Gasteiger partial charge on any atom is -0.456 e. The Balaban J connectivity index is 2.20. The fourth-order valence-electron chi connectivity index (χ4n) is 1.73. The van der Waals surface area contributed by atoms with Crippen molar-refractivity contribution in [2.45, 2.75) is 19.4 Å². The molecule has 0 bridgehead atoms. The minimum absolute atomic E-state index is 0.0395. The molecule has 2 aromatic carbocycles. The lowest BCUT2D eigenvalue weighted by molar-refractivity contribution is 0.482. The molecule has 0 saturated heterocycles. The van der Waals surface area contributed by atoms with E-state index in [4.69, 9.17) is 45.3 Å². The van der Waals surface area contributed by atoms with E-state index in [0.717, 1.165) is 12.0 Å². The molecule has 2 N–H and O–H groups in total. The second kappa shape index (κ2) is 6.68. The first-order valence-corrected chi connectivity index (χ1v) is 7.32. The second-order valence-corrected chi connectivity index (χ2v) is 5.60. The lowest BCUT2D eigenvalue weighted by Crippen LogP contribution is -2.08. The van der Waals surface area contributed by atoms with E-state index in [0.29, 0.717) is 26.6 Å². The summed E-state index contributed by atoms with van der Waals surface area (Å²) in [7, 11) is 0. The summed E-state index contributed by atoms with van der Waals surface area (Å²) in [5.74, 6) is 1.13. The molecule has 0 unspecified atom stereocenters. The van der Waals surface area contributed by atoms with Crippen LogP contribution >= 0.6 is 34.8 Å². The molecule has 0 fully saturated rings. The van der Waals surface area contributed by atoms with E-state index < -0.39 is 0 Å². The summed E-state index contributed by atoms with van der Waals surface area (Å²) in [4.78, 5) is 0. The number of rotatable bonds is 4. The molecule has 0 radical (unpaired) electrons. The van der Waals surface area contributed by atoms with Crippen LogP contribution in [-0.4, -0.2) is 0 Å². The van der Waals surface area contributed by atoms with E-state index in [-0.39, 0.29) is 6.04 Å². The standard InChI is InChI=1S/C15H14Cl3NO/c1-2-14(19)9-3-5-10(6-4-9)20-15-8-12(17)11(16)7-13(15)18/h3-8,14H,2,19H2,1H3/t14-/m1/s1. The van der Waals surface area contributed by atoms with Gasteiger partial charge in [0, 0.05) is 12.1 Å². The predicted octanol–water partition coefficient (Wildman–Crippen LogP) is 5.85. The van der Waals surface area contributed by atoms with Crippen LogP contribution in [0.2, 0.25) is 15.1 Å². The summed E-state index contributed by atoms with van der Waals surface area (Å²) in [5.41, 5.74) is 7.03. The van der Waals surface area contributed by atoms with Crippen LogP contribution in [-0.2, 0) is 0 Å². The van der Waals surface area contributed by atoms with Crippen molar-refractivity contribution in [1.29, 1.82) is 0 Å². The third-order valence-corrected chi connectivity index (χ3v) is 3.97. The molecule has 0 aliphatic rings. The van der Waals surface area contributed by atoms with E-state index in [9.17, 15) is 0 Å². The molecule has 0 amide bonds. The third-order valence-electron chi connectivity index (χ3n) is 2.95. The molecule has 0 saturated carbocycles. The van der Waals surface area contributed by atoms with Gasteiger partial charge >= 0.3 is 0 Å². The Kier molecular flexibility index (Phi) is 5.17. The maximum absolute atomic E-state index is 6.07. The Bertz CT molecular complexity index is 599. The monoisotopic (exact) mass is 329 g/mol. The van der Waals surface area contributed by atoms with Gasteiger partial charge in [-0.25, -0.2) is 0 Å². The second-order valence-electron chi connectivity index (χ2n) is 4.38. The molecule has 2 rings (SSSR count). The molecule has 0 spiro atoms. The predicted molar refractivity (Wildman–Crippen MR) is 85.2 cm³/mol. The highest BCUT2D eigenvalue weighted by atomic mass is 35.5. The van der Waals surface area contributed by atoms with Crippen LogP contribution < -0.4 is 10.5 Å². The Hall–Kier alpha value is -0.930. The zero-order chi connectivity index (χ0) is 14.7. The first-order chi connectivity index (χ1) is 9.51. The van der Waals surface area contributed by atoms with Crippen LogP contribution in [0.4, 0.5) is 0 Å². The third kappa shape index (κ3) is 3.58. The van der Waals surface area contributed by atoms with E-state index in [1.807, 2.05) is 31.2 Å². The first-order valence-electron chi connectivity index (χ1n) is 6.19. The Morgan fingerprint density at radius 3 is 2.20 bits per heavy atom. The van der Waals surface area contributed by atoms with E-state index in [1.54, 1.807) is 12.1 Å². The van der Waals surface area contributed by atoms with Crippen LogP contribution in [0.5, 0.6) is 11.5 Å².